The number of aryl methyl sites for hydroxylation is 1. The van der Waals surface area contributed by atoms with Gasteiger partial charge in [-0.3, -0.25) is 14.4 Å². The van der Waals surface area contributed by atoms with Crippen LogP contribution in [-0.2, 0) is 9.59 Å². The summed E-state index contributed by atoms with van der Waals surface area (Å²) in [7, 11) is 0. The van der Waals surface area contributed by atoms with E-state index in [9.17, 15) is 14.4 Å². The third-order valence-corrected chi connectivity index (χ3v) is 3.81. The molecule has 2 amide bonds. The molecule has 0 saturated heterocycles. The molecule has 6 nitrogen and oxygen atoms in total. The summed E-state index contributed by atoms with van der Waals surface area (Å²) in [5.74, 6) is -2.47. The molecule has 0 aliphatic rings. The molecule has 3 N–H and O–H groups in total. The Labute approximate surface area is 123 Å². The van der Waals surface area contributed by atoms with Crippen molar-refractivity contribution in [3.63, 3.8) is 0 Å². The summed E-state index contributed by atoms with van der Waals surface area (Å²) >= 11 is 2.01. The fourth-order valence-corrected chi connectivity index (χ4v) is 2.12. The number of carboxylic acids is 1. The topological polar surface area (TPSA) is 101 Å². The number of nitrogens with zero attached hydrogens (tertiary/aromatic N) is 1. The van der Waals surface area contributed by atoms with Crippen molar-refractivity contribution in [1.82, 2.24) is 4.90 Å². The lowest BCUT2D eigenvalue weighted by molar-refractivity contribution is -0.138. The van der Waals surface area contributed by atoms with Gasteiger partial charge in [-0.1, -0.05) is 12.1 Å². The van der Waals surface area contributed by atoms with Gasteiger partial charge in [0.05, 0.1) is 5.56 Å². The number of rotatable bonds is 5. The van der Waals surface area contributed by atoms with E-state index in [0.717, 1.165) is 14.0 Å². The zero-order valence-corrected chi connectivity index (χ0v) is 12.4. The highest BCUT2D eigenvalue weighted by atomic mass is 127. The number of carboxylic acid groups (broad SMARTS) is 1. The van der Waals surface area contributed by atoms with Gasteiger partial charge in [0.25, 0.3) is 5.91 Å². The summed E-state index contributed by atoms with van der Waals surface area (Å²) in [6.45, 7) is 0.856. The molecular weight excluding hydrogens is 363 g/mol. The van der Waals surface area contributed by atoms with Gasteiger partial charge < -0.3 is 15.7 Å². The van der Waals surface area contributed by atoms with E-state index in [2.05, 4.69) is 0 Å². The third-order valence-electron chi connectivity index (χ3n) is 2.38. The van der Waals surface area contributed by atoms with Crippen molar-refractivity contribution in [1.29, 1.82) is 0 Å². The summed E-state index contributed by atoms with van der Waals surface area (Å²) in [4.78, 5) is 34.8. The molecular formula is C12H13IN2O4. The van der Waals surface area contributed by atoms with Crippen LogP contribution in [0.2, 0.25) is 0 Å². The molecule has 0 atom stereocenters. The van der Waals surface area contributed by atoms with Gasteiger partial charge in [-0.15, -0.1) is 0 Å². The van der Waals surface area contributed by atoms with Crippen LogP contribution < -0.4 is 5.73 Å². The highest BCUT2D eigenvalue weighted by molar-refractivity contribution is 14.1. The molecule has 0 heterocycles. The van der Waals surface area contributed by atoms with Crippen LogP contribution in [0.1, 0.15) is 15.9 Å². The molecule has 0 fully saturated rings. The number of benzene rings is 1. The number of primary amides is 1. The van der Waals surface area contributed by atoms with Crippen LogP contribution in [0.15, 0.2) is 18.2 Å². The fraction of sp³-hybridized carbons (Fsp3) is 0.250. The first-order chi connectivity index (χ1) is 8.82. The second-order valence-corrected chi connectivity index (χ2v) is 5.04. The average Bonchev–Trinajstić information content (AvgIpc) is 2.30. The summed E-state index contributed by atoms with van der Waals surface area (Å²) in [6.07, 6.45) is 0. The standard InChI is InChI=1S/C12H13IN2O4/c1-7-3-2-4-8(11(7)13)12(19)15(5-9(14)16)6-10(17)18/h2-4H,5-6H2,1H3,(H2,14,16)(H,17,18). The summed E-state index contributed by atoms with van der Waals surface area (Å²) in [6, 6.07) is 5.13. The predicted molar refractivity (Wildman–Crippen MR) is 76.6 cm³/mol. The Bertz CT molecular complexity index is 514. The molecule has 0 bridgehead atoms. The minimum Gasteiger partial charge on any atom is -0.480 e. The smallest absolute Gasteiger partial charge is 0.323 e. The van der Waals surface area contributed by atoms with Crippen LogP contribution in [0.3, 0.4) is 0 Å². The van der Waals surface area contributed by atoms with Crippen LogP contribution in [0.4, 0.5) is 0 Å². The van der Waals surface area contributed by atoms with E-state index in [4.69, 9.17) is 10.8 Å². The number of carbonyl (C=O) groups is 3. The molecule has 0 radical (unpaired) electrons. The quantitative estimate of drug-likeness (QED) is 0.736. The van der Waals surface area contributed by atoms with Crippen LogP contribution >= 0.6 is 22.6 Å². The van der Waals surface area contributed by atoms with Gasteiger partial charge in [0, 0.05) is 3.57 Å². The van der Waals surface area contributed by atoms with E-state index >= 15 is 0 Å². The molecule has 1 rings (SSSR count). The normalized spacial score (nSPS) is 10.0. The van der Waals surface area contributed by atoms with Crippen LogP contribution in [0.5, 0.6) is 0 Å². The number of carbonyl (C=O) groups excluding carboxylic acids is 2. The van der Waals surface area contributed by atoms with Crippen molar-refractivity contribution < 1.29 is 19.5 Å². The second-order valence-electron chi connectivity index (χ2n) is 3.96. The SMILES string of the molecule is Cc1cccc(C(=O)N(CC(N)=O)CC(=O)O)c1I. The summed E-state index contributed by atoms with van der Waals surface area (Å²) in [5, 5.41) is 8.77. The molecule has 0 unspecified atom stereocenters. The summed E-state index contributed by atoms with van der Waals surface area (Å²) in [5.41, 5.74) is 6.29. The van der Waals surface area contributed by atoms with Gasteiger partial charge in [-0.25, -0.2) is 0 Å². The minimum atomic E-state index is -1.20. The van der Waals surface area contributed by atoms with Crippen molar-refractivity contribution in [3.8, 4) is 0 Å². The lowest BCUT2D eigenvalue weighted by Gasteiger charge is -2.20. The maximum atomic E-state index is 12.2. The lowest BCUT2D eigenvalue weighted by atomic mass is 10.1. The van der Waals surface area contributed by atoms with Crippen molar-refractivity contribution in [2.75, 3.05) is 13.1 Å². The molecule has 1 aromatic carbocycles. The van der Waals surface area contributed by atoms with Crippen LogP contribution in [0.25, 0.3) is 0 Å². The Morgan fingerprint density at radius 2 is 1.95 bits per heavy atom. The molecule has 19 heavy (non-hydrogen) atoms. The first-order valence-corrected chi connectivity index (χ1v) is 6.45. The van der Waals surface area contributed by atoms with Crippen LogP contribution in [-0.4, -0.2) is 40.9 Å². The zero-order valence-electron chi connectivity index (χ0n) is 10.2. The Balaban J connectivity index is 3.07. The Kier molecular flexibility index (Phi) is 5.28. The number of amides is 2. The van der Waals surface area contributed by atoms with Gasteiger partial charge in [-0.05, 0) is 41.1 Å². The third kappa shape index (κ3) is 4.19. The first kappa shape index (κ1) is 15.4. The van der Waals surface area contributed by atoms with E-state index < -0.39 is 30.9 Å². The summed E-state index contributed by atoms with van der Waals surface area (Å²) < 4.78 is 0.727. The molecule has 0 spiro atoms. The zero-order chi connectivity index (χ0) is 14.6. The van der Waals surface area contributed by atoms with Crippen molar-refractivity contribution in [2.24, 2.45) is 5.73 Å². The van der Waals surface area contributed by atoms with Gasteiger partial charge in [-0.2, -0.15) is 0 Å². The van der Waals surface area contributed by atoms with E-state index in [1.54, 1.807) is 12.1 Å². The number of aliphatic carboxylic acids is 1. The van der Waals surface area contributed by atoms with E-state index in [0.29, 0.717) is 5.56 Å². The number of halogens is 1. The second kappa shape index (κ2) is 6.50. The first-order valence-electron chi connectivity index (χ1n) is 5.37. The van der Waals surface area contributed by atoms with Gasteiger partial charge in [0.1, 0.15) is 13.1 Å². The monoisotopic (exact) mass is 376 g/mol. The van der Waals surface area contributed by atoms with Crippen molar-refractivity contribution in [3.05, 3.63) is 32.9 Å². The Morgan fingerprint density at radius 1 is 1.32 bits per heavy atom. The van der Waals surface area contributed by atoms with E-state index in [1.165, 1.54) is 0 Å². The van der Waals surface area contributed by atoms with Crippen molar-refractivity contribution in [2.45, 2.75) is 6.92 Å². The minimum absolute atomic E-state index is 0.364. The number of hydrogen-bond donors (Lipinski definition) is 2. The fourth-order valence-electron chi connectivity index (χ4n) is 1.53. The maximum Gasteiger partial charge on any atom is 0.323 e. The maximum absolute atomic E-state index is 12.2. The lowest BCUT2D eigenvalue weighted by Crippen LogP contribution is -2.41. The Hall–Kier alpha value is -1.64. The molecule has 7 heteroatoms. The molecule has 0 aromatic heterocycles. The van der Waals surface area contributed by atoms with E-state index in [1.807, 2.05) is 35.6 Å². The molecule has 0 aliphatic carbocycles. The molecule has 102 valence electrons. The number of hydrogen-bond acceptors (Lipinski definition) is 3. The average molecular weight is 376 g/mol. The molecule has 0 saturated carbocycles. The molecule has 0 aliphatic heterocycles. The van der Waals surface area contributed by atoms with E-state index in [-0.39, 0.29) is 0 Å². The van der Waals surface area contributed by atoms with Gasteiger partial charge in [0.2, 0.25) is 5.91 Å². The largest absolute Gasteiger partial charge is 0.480 e. The Morgan fingerprint density at radius 3 is 2.47 bits per heavy atom. The number of nitrogens with two attached hydrogens (primary N) is 1. The van der Waals surface area contributed by atoms with Gasteiger partial charge >= 0.3 is 5.97 Å². The predicted octanol–water partition coefficient (Wildman–Crippen LogP) is 0.612. The van der Waals surface area contributed by atoms with Crippen LogP contribution in [0, 0.1) is 10.5 Å². The van der Waals surface area contributed by atoms with Gasteiger partial charge in [0.15, 0.2) is 0 Å². The molecule has 1 aromatic rings. The highest BCUT2D eigenvalue weighted by Crippen LogP contribution is 2.18. The highest BCUT2D eigenvalue weighted by Gasteiger charge is 2.22. The van der Waals surface area contributed by atoms with Crippen molar-refractivity contribution >= 4 is 40.4 Å².